The molecule has 124 valence electrons. The van der Waals surface area contributed by atoms with Gasteiger partial charge in [0.25, 0.3) is 5.69 Å². The molecule has 0 atom stereocenters. The van der Waals surface area contributed by atoms with Crippen molar-refractivity contribution in [1.29, 1.82) is 0 Å². The Morgan fingerprint density at radius 2 is 1.96 bits per heavy atom. The molecule has 2 aromatic carbocycles. The van der Waals surface area contributed by atoms with Gasteiger partial charge in [0.05, 0.1) is 10.6 Å². The maximum absolute atomic E-state index is 11.0. The summed E-state index contributed by atoms with van der Waals surface area (Å²) in [5.41, 5.74) is 5.84. The molecule has 0 saturated heterocycles. The summed E-state index contributed by atoms with van der Waals surface area (Å²) in [6.07, 6.45) is 0. The van der Waals surface area contributed by atoms with Gasteiger partial charge in [0, 0.05) is 23.7 Å². The molecule has 0 aromatic heterocycles. The zero-order valence-electron chi connectivity index (χ0n) is 13.4. The van der Waals surface area contributed by atoms with Crippen molar-refractivity contribution in [3.63, 3.8) is 0 Å². The first kappa shape index (κ1) is 17.6. The van der Waals surface area contributed by atoms with E-state index >= 15 is 0 Å². The van der Waals surface area contributed by atoms with Crippen LogP contribution in [0.4, 0.5) is 5.69 Å². The molecule has 2 aromatic rings. The average molecular weight is 342 g/mol. The zero-order valence-corrected chi connectivity index (χ0v) is 14.3. The van der Waals surface area contributed by atoms with Gasteiger partial charge in [-0.05, 0) is 31.6 Å². The minimum absolute atomic E-state index is 0.0758. The van der Waals surface area contributed by atoms with E-state index in [1.807, 2.05) is 30.3 Å². The third-order valence-corrected chi connectivity index (χ3v) is 3.68. The summed E-state index contributed by atoms with van der Waals surface area (Å²) in [6.45, 7) is 4.06. The van der Waals surface area contributed by atoms with Crippen LogP contribution in [0.3, 0.4) is 0 Å². The quantitative estimate of drug-likeness (QED) is 0.377. The van der Waals surface area contributed by atoms with Crippen LogP contribution in [0, 0.1) is 17.0 Å². The predicted molar refractivity (Wildman–Crippen MR) is 99.1 cm³/mol. The summed E-state index contributed by atoms with van der Waals surface area (Å²) in [6, 6.07) is 14.9. The smallest absolute Gasteiger partial charge is 0.272 e. The summed E-state index contributed by atoms with van der Waals surface area (Å²) in [7, 11) is 0. The molecule has 0 unspecified atom stereocenters. The zero-order chi connectivity index (χ0) is 17.5. The van der Waals surface area contributed by atoms with E-state index in [2.05, 4.69) is 15.8 Å². The van der Waals surface area contributed by atoms with Crippen LogP contribution in [0.2, 0.25) is 0 Å². The number of benzene rings is 2. The van der Waals surface area contributed by atoms with Gasteiger partial charge in [0.15, 0.2) is 5.11 Å². The second kappa shape index (κ2) is 8.16. The summed E-state index contributed by atoms with van der Waals surface area (Å²) < 4.78 is 0. The third kappa shape index (κ3) is 4.85. The van der Waals surface area contributed by atoms with E-state index < -0.39 is 4.92 Å². The van der Waals surface area contributed by atoms with Crippen LogP contribution in [0.15, 0.2) is 53.6 Å². The van der Waals surface area contributed by atoms with Crippen LogP contribution >= 0.6 is 12.2 Å². The van der Waals surface area contributed by atoms with Crippen LogP contribution < -0.4 is 10.7 Å². The van der Waals surface area contributed by atoms with Crippen molar-refractivity contribution in [2.24, 2.45) is 5.10 Å². The van der Waals surface area contributed by atoms with Gasteiger partial charge in [-0.3, -0.25) is 15.5 Å². The lowest BCUT2D eigenvalue weighted by Crippen LogP contribution is -2.32. The highest BCUT2D eigenvalue weighted by atomic mass is 32.1. The Hall–Kier alpha value is -2.80. The molecule has 2 N–H and O–H groups in total. The van der Waals surface area contributed by atoms with Crippen molar-refractivity contribution in [1.82, 2.24) is 10.7 Å². The lowest BCUT2D eigenvalue weighted by atomic mass is 10.1. The van der Waals surface area contributed by atoms with Gasteiger partial charge in [0.1, 0.15) is 0 Å². The third-order valence-electron chi connectivity index (χ3n) is 3.44. The number of rotatable bonds is 5. The summed E-state index contributed by atoms with van der Waals surface area (Å²) in [5, 5.41) is 18.6. The topological polar surface area (TPSA) is 79.6 Å². The molecule has 7 heteroatoms. The van der Waals surface area contributed by atoms with Gasteiger partial charge in [-0.2, -0.15) is 5.10 Å². The maximum atomic E-state index is 11.0. The second-order valence-electron chi connectivity index (χ2n) is 5.24. The first-order valence-corrected chi connectivity index (χ1v) is 7.75. The number of hydrazone groups is 1. The minimum atomic E-state index is -0.397. The van der Waals surface area contributed by atoms with E-state index in [1.165, 1.54) is 6.07 Å². The Morgan fingerprint density at radius 1 is 1.25 bits per heavy atom. The molecule has 0 aliphatic carbocycles. The Balaban J connectivity index is 1.97. The van der Waals surface area contributed by atoms with Crippen LogP contribution in [-0.4, -0.2) is 15.7 Å². The van der Waals surface area contributed by atoms with E-state index in [0.717, 1.165) is 5.56 Å². The number of thiocarbonyl (C=S) groups is 1. The monoisotopic (exact) mass is 342 g/mol. The first-order valence-electron chi connectivity index (χ1n) is 7.35. The summed E-state index contributed by atoms with van der Waals surface area (Å²) >= 11 is 5.17. The molecule has 0 aliphatic heterocycles. The second-order valence-corrected chi connectivity index (χ2v) is 5.64. The molecule has 0 radical (unpaired) electrons. The number of nitro benzene ring substituents is 1. The fourth-order valence-corrected chi connectivity index (χ4v) is 2.17. The van der Waals surface area contributed by atoms with Crippen LogP contribution in [0.1, 0.15) is 23.6 Å². The lowest BCUT2D eigenvalue weighted by Gasteiger charge is -2.08. The van der Waals surface area contributed by atoms with Gasteiger partial charge in [-0.1, -0.05) is 42.5 Å². The van der Waals surface area contributed by atoms with E-state index in [0.29, 0.717) is 28.5 Å². The highest BCUT2D eigenvalue weighted by Gasteiger charge is 2.12. The van der Waals surface area contributed by atoms with Crippen molar-refractivity contribution in [3.05, 3.63) is 75.3 Å². The number of nitro groups is 1. The van der Waals surface area contributed by atoms with Crippen molar-refractivity contribution in [2.75, 3.05) is 0 Å². The highest BCUT2D eigenvalue weighted by molar-refractivity contribution is 7.80. The molecule has 0 fully saturated rings. The molecule has 0 heterocycles. The van der Waals surface area contributed by atoms with Crippen LogP contribution in [0.25, 0.3) is 0 Å². The van der Waals surface area contributed by atoms with Crippen LogP contribution in [-0.2, 0) is 6.54 Å². The normalized spacial score (nSPS) is 11.0. The first-order chi connectivity index (χ1) is 11.5. The van der Waals surface area contributed by atoms with Crippen molar-refractivity contribution in [2.45, 2.75) is 20.4 Å². The van der Waals surface area contributed by atoms with Gasteiger partial charge < -0.3 is 5.32 Å². The largest absolute Gasteiger partial charge is 0.357 e. The number of hydrogen-bond donors (Lipinski definition) is 2. The average Bonchev–Trinajstić information content (AvgIpc) is 2.59. The van der Waals surface area contributed by atoms with Gasteiger partial charge in [-0.15, -0.1) is 0 Å². The van der Waals surface area contributed by atoms with E-state index in [-0.39, 0.29) is 5.69 Å². The van der Waals surface area contributed by atoms with E-state index in [9.17, 15) is 10.1 Å². The molecule has 0 amide bonds. The molecule has 0 aliphatic rings. The standard InChI is InChI=1S/C17H18N4O2S/c1-12-8-9-15(10-16(12)21(22)23)13(2)19-20-17(24)18-11-14-6-4-3-5-7-14/h3-10H,11H2,1-2H3,(H2,18,20,24)/b19-13+. The Morgan fingerprint density at radius 3 is 2.62 bits per heavy atom. The number of hydrogen-bond acceptors (Lipinski definition) is 4. The van der Waals surface area contributed by atoms with E-state index in [4.69, 9.17) is 12.2 Å². The fraction of sp³-hybridized carbons (Fsp3) is 0.176. The van der Waals surface area contributed by atoms with Gasteiger partial charge in [0.2, 0.25) is 0 Å². The Kier molecular flexibility index (Phi) is 5.97. The van der Waals surface area contributed by atoms with E-state index in [1.54, 1.807) is 26.0 Å². The van der Waals surface area contributed by atoms with Gasteiger partial charge >= 0.3 is 0 Å². The number of nitrogens with one attached hydrogen (secondary N) is 2. The lowest BCUT2D eigenvalue weighted by molar-refractivity contribution is -0.385. The summed E-state index contributed by atoms with van der Waals surface area (Å²) in [5.74, 6) is 0. The summed E-state index contributed by atoms with van der Waals surface area (Å²) in [4.78, 5) is 10.6. The SMILES string of the molecule is C/C(=N\NC(=S)NCc1ccccc1)c1ccc(C)c([N+](=O)[O-])c1. The molecular formula is C17H18N4O2S. The molecule has 6 nitrogen and oxygen atoms in total. The highest BCUT2D eigenvalue weighted by Crippen LogP contribution is 2.19. The minimum Gasteiger partial charge on any atom is -0.357 e. The molecule has 24 heavy (non-hydrogen) atoms. The molecule has 0 saturated carbocycles. The van der Waals surface area contributed by atoms with Crippen LogP contribution in [0.5, 0.6) is 0 Å². The Bertz CT molecular complexity index is 775. The molecule has 0 spiro atoms. The molecular weight excluding hydrogens is 324 g/mol. The van der Waals surface area contributed by atoms with Crippen molar-refractivity contribution >= 4 is 28.7 Å². The molecule has 0 bridgehead atoms. The van der Waals surface area contributed by atoms with Crippen molar-refractivity contribution in [3.8, 4) is 0 Å². The van der Waals surface area contributed by atoms with Gasteiger partial charge in [-0.25, -0.2) is 0 Å². The van der Waals surface area contributed by atoms with Crippen molar-refractivity contribution < 1.29 is 4.92 Å². The predicted octanol–water partition coefficient (Wildman–Crippen LogP) is 3.29. The Labute approximate surface area is 145 Å². The number of nitrogens with zero attached hydrogens (tertiary/aromatic N) is 2. The number of aryl methyl sites for hydroxylation is 1. The molecule has 2 rings (SSSR count). The fourth-order valence-electron chi connectivity index (χ4n) is 2.05. The maximum Gasteiger partial charge on any atom is 0.272 e.